The van der Waals surface area contributed by atoms with Gasteiger partial charge in [0.25, 0.3) is 10.2 Å². The van der Waals surface area contributed by atoms with Crippen LogP contribution in [0.4, 0.5) is 0 Å². The summed E-state index contributed by atoms with van der Waals surface area (Å²) in [4.78, 5) is 0. The second-order valence-corrected chi connectivity index (χ2v) is 7.23. The first-order chi connectivity index (χ1) is 10.5. The van der Waals surface area contributed by atoms with Gasteiger partial charge in [-0.25, -0.2) is 0 Å². The Morgan fingerprint density at radius 1 is 1.50 bits per heavy atom. The van der Waals surface area contributed by atoms with E-state index in [0.29, 0.717) is 12.3 Å². The summed E-state index contributed by atoms with van der Waals surface area (Å²) >= 11 is 0. The number of hydrogen-bond donors (Lipinski definition) is 1. The summed E-state index contributed by atoms with van der Waals surface area (Å²) in [6.07, 6.45) is 6.65. The summed E-state index contributed by atoms with van der Waals surface area (Å²) in [5.74, 6) is 0.692. The maximum Gasteiger partial charge on any atom is 0.280 e. The van der Waals surface area contributed by atoms with Crippen molar-refractivity contribution in [2.45, 2.75) is 31.8 Å². The molecule has 2 atom stereocenters. The number of aryl methyl sites for hydroxylation is 1. The number of furan rings is 1. The van der Waals surface area contributed by atoms with Gasteiger partial charge >= 0.3 is 0 Å². The van der Waals surface area contributed by atoms with E-state index < -0.39 is 10.2 Å². The van der Waals surface area contributed by atoms with E-state index in [0.717, 1.165) is 18.4 Å². The van der Waals surface area contributed by atoms with Crippen LogP contribution >= 0.6 is 0 Å². The van der Waals surface area contributed by atoms with Gasteiger partial charge in [-0.05, 0) is 31.9 Å². The van der Waals surface area contributed by atoms with Crippen molar-refractivity contribution in [1.29, 1.82) is 0 Å². The molecule has 2 aromatic rings. The Morgan fingerprint density at radius 3 is 2.95 bits per heavy atom. The van der Waals surface area contributed by atoms with E-state index in [-0.39, 0.29) is 12.1 Å². The molecular weight excluding hydrogens is 304 g/mol. The normalized spacial score (nSPS) is 21.3. The fourth-order valence-corrected chi connectivity index (χ4v) is 4.45. The standard InChI is InChI=1S/C14H20N4O3S/c1-11(12-9-15-17(2)10-12)16-22(19,20)18-7-3-5-13(18)14-6-4-8-21-14/h4,6,8-11,13,16H,3,5,7H2,1-2H3/t11-,13-/m0/s1. The topological polar surface area (TPSA) is 80.4 Å². The lowest BCUT2D eigenvalue weighted by Crippen LogP contribution is -2.41. The Hall–Kier alpha value is -1.64. The molecule has 2 aromatic heterocycles. The zero-order chi connectivity index (χ0) is 15.7. The lowest BCUT2D eigenvalue weighted by molar-refractivity contribution is 0.333. The maximum absolute atomic E-state index is 12.7. The smallest absolute Gasteiger partial charge is 0.280 e. The minimum absolute atomic E-state index is 0.228. The molecular formula is C14H20N4O3S. The van der Waals surface area contributed by atoms with E-state index >= 15 is 0 Å². The van der Waals surface area contributed by atoms with Crippen molar-refractivity contribution in [3.63, 3.8) is 0 Å². The van der Waals surface area contributed by atoms with Gasteiger partial charge in [-0.2, -0.15) is 22.5 Å². The van der Waals surface area contributed by atoms with Gasteiger partial charge in [-0.1, -0.05) is 0 Å². The molecule has 0 unspecified atom stereocenters. The van der Waals surface area contributed by atoms with Crippen LogP contribution in [0.2, 0.25) is 0 Å². The molecule has 0 amide bonds. The van der Waals surface area contributed by atoms with Gasteiger partial charge in [0.15, 0.2) is 0 Å². The zero-order valence-electron chi connectivity index (χ0n) is 12.6. The Balaban J connectivity index is 1.77. The summed E-state index contributed by atoms with van der Waals surface area (Å²) in [7, 11) is -1.78. The molecule has 1 aliphatic rings. The van der Waals surface area contributed by atoms with Crippen molar-refractivity contribution >= 4 is 10.2 Å². The highest BCUT2D eigenvalue weighted by Crippen LogP contribution is 2.34. The summed E-state index contributed by atoms with van der Waals surface area (Å²) in [6, 6.07) is 3.04. The van der Waals surface area contributed by atoms with Gasteiger partial charge in [0.2, 0.25) is 0 Å². The monoisotopic (exact) mass is 324 g/mol. The van der Waals surface area contributed by atoms with Crippen molar-refractivity contribution in [2.24, 2.45) is 7.05 Å². The molecule has 0 aliphatic carbocycles. The predicted octanol–water partition coefficient (Wildman–Crippen LogP) is 1.75. The average Bonchev–Trinajstić information content (AvgIpc) is 3.19. The molecule has 1 saturated heterocycles. The second-order valence-electron chi connectivity index (χ2n) is 5.58. The Bertz CT molecular complexity index is 723. The molecule has 0 spiro atoms. The van der Waals surface area contributed by atoms with Crippen molar-refractivity contribution in [3.8, 4) is 0 Å². The first-order valence-electron chi connectivity index (χ1n) is 7.28. The molecule has 0 bridgehead atoms. The van der Waals surface area contributed by atoms with Crippen LogP contribution in [0.5, 0.6) is 0 Å². The molecule has 3 heterocycles. The van der Waals surface area contributed by atoms with Crippen LogP contribution in [-0.2, 0) is 17.3 Å². The number of aromatic nitrogens is 2. The molecule has 1 fully saturated rings. The number of nitrogens with zero attached hydrogens (tertiary/aromatic N) is 3. The molecule has 120 valence electrons. The molecule has 7 nitrogen and oxygen atoms in total. The van der Waals surface area contributed by atoms with Gasteiger partial charge in [0, 0.05) is 31.4 Å². The van der Waals surface area contributed by atoms with E-state index in [2.05, 4.69) is 9.82 Å². The van der Waals surface area contributed by atoms with Gasteiger partial charge < -0.3 is 4.42 Å². The Labute approximate surface area is 130 Å². The maximum atomic E-state index is 12.7. The number of rotatable bonds is 5. The predicted molar refractivity (Wildman–Crippen MR) is 81.1 cm³/mol. The second kappa shape index (κ2) is 5.86. The molecule has 1 N–H and O–H groups in total. The van der Waals surface area contributed by atoms with Crippen LogP contribution in [0, 0.1) is 0 Å². The van der Waals surface area contributed by atoms with E-state index in [4.69, 9.17) is 4.42 Å². The quantitative estimate of drug-likeness (QED) is 0.908. The molecule has 3 rings (SSSR count). The third kappa shape index (κ3) is 2.94. The van der Waals surface area contributed by atoms with Crippen molar-refractivity contribution in [2.75, 3.05) is 6.54 Å². The number of hydrogen-bond acceptors (Lipinski definition) is 4. The third-order valence-corrected chi connectivity index (χ3v) is 5.64. The lowest BCUT2D eigenvalue weighted by Gasteiger charge is -2.24. The van der Waals surface area contributed by atoms with Crippen molar-refractivity contribution < 1.29 is 12.8 Å². The van der Waals surface area contributed by atoms with Crippen LogP contribution < -0.4 is 4.72 Å². The third-order valence-electron chi connectivity index (χ3n) is 3.93. The summed E-state index contributed by atoms with van der Waals surface area (Å²) in [5.41, 5.74) is 0.833. The molecule has 8 heteroatoms. The molecule has 1 aliphatic heterocycles. The fraction of sp³-hybridized carbons (Fsp3) is 0.500. The first-order valence-corrected chi connectivity index (χ1v) is 8.72. The van der Waals surface area contributed by atoms with E-state index in [9.17, 15) is 8.42 Å². The van der Waals surface area contributed by atoms with E-state index in [1.165, 1.54) is 4.31 Å². The van der Waals surface area contributed by atoms with Crippen molar-refractivity contribution in [3.05, 3.63) is 42.1 Å². The zero-order valence-corrected chi connectivity index (χ0v) is 13.5. The van der Waals surface area contributed by atoms with E-state index in [1.807, 2.05) is 13.0 Å². The largest absolute Gasteiger partial charge is 0.468 e. The molecule has 0 aromatic carbocycles. The highest BCUT2D eigenvalue weighted by molar-refractivity contribution is 7.87. The summed E-state index contributed by atoms with van der Waals surface area (Å²) in [5, 5.41) is 4.07. The molecule has 22 heavy (non-hydrogen) atoms. The minimum Gasteiger partial charge on any atom is -0.468 e. The highest BCUT2D eigenvalue weighted by Gasteiger charge is 2.37. The Morgan fingerprint density at radius 2 is 2.32 bits per heavy atom. The fourth-order valence-electron chi connectivity index (χ4n) is 2.82. The van der Waals surface area contributed by atoms with Crippen molar-refractivity contribution in [1.82, 2.24) is 18.8 Å². The minimum atomic E-state index is -3.59. The Kier molecular flexibility index (Phi) is 4.07. The number of nitrogens with one attached hydrogen (secondary N) is 1. The van der Waals surface area contributed by atoms with Gasteiger partial charge in [0.1, 0.15) is 5.76 Å². The highest BCUT2D eigenvalue weighted by atomic mass is 32.2. The van der Waals surface area contributed by atoms with Crippen LogP contribution in [0.15, 0.2) is 35.2 Å². The first kappa shape index (κ1) is 15.3. The molecule has 0 radical (unpaired) electrons. The van der Waals surface area contributed by atoms with Gasteiger partial charge in [0.05, 0.1) is 18.5 Å². The van der Waals surface area contributed by atoms with Crippen LogP contribution in [0.25, 0.3) is 0 Å². The van der Waals surface area contributed by atoms with Gasteiger partial charge in [-0.15, -0.1) is 0 Å². The molecule has 0 saturated carbocycles. The SMILES string of the molecule is C[C@H](NS(=O)(=O)N1CCC[C@H]1c1ccco1)c1cnn(C)c1. The van der Waals surface area contributed by atoms with E-state index in [1.54, 1.807) is 36.5 Å². The van der Waals surface area contributed by atoms with Gasteiger partial charge in [-0.3, -0.25) is 4.68 Å². The van der Waals surface area contributed by atoms with Crippen LogP contribution in [-0.4, -0.2) is 29.0 Å². The lowest BCUT2D eigenvalue weighted by atomic mass is 10.2. The summed E-state index contributed by atoms with van der Waals surface area (Å²) < 4.78 is 36.6. The van der Waals surface area contributed by atoms with Crippen LogP contribution in [0.3, 0.4) is 0 Å². The average molecular weight is 324 g/mol. The van der Waals surface area contributed by atoms with Crippen LogP contribution in [0.1, 0.15) is 43.2 Å². The summed E-state index contributed by atoms with van der Waals surface area (Å²) in [6.45, 7) is 2.31.